The van der Waals surface area contributed by atoms with Crippen molar-refractivity contribution in [2.75, 3.05) is 13.2 Å². The Morgan fingerprint density at radius 2 is 2.11 bits per heavy atom. The molecular formula is C21H23N3O2S. The summed E-state index contributed by atoms with van der Waals surface area (Å²) in [5.41, 5.74) is 2.93. The summed E-state index contributed by atoms with van der Waals surface area (Å²) in [4.78, 5) is 23.5. The molecule has 0 bridgehead atoms. The number of benzene rings is 1. The SMILES string of the molecule is CCCOc1ccc(CN2CCc3nc(-c4cccs4)[nH]c(=O)c3C2)cc1. The van der Waals surface area contributed by atoms with Crippen LogP contribution in [0, 0.1) is 0 Å². The van der Waals surface area contributed by atoms with E-state index in [9.17, 15) is 4.79 Å². The number of nitrogens with zero attached hydrogens (tertiary/aromatic N) is 2. The van der Waals surface area contributed by atoms with Gasteiger partial charge in [-0.2, -0.15) is 0 Å². The van der Waals surface area contributed by atoms with Gasteiger partial charge in [0.1, 0.15) is 5.75 Å². The van der Waals surface area contributed by atoms with E-state index in [1.165, 1.54) is 5.56 Å². The van der Waals surface area contributed by atoms with Gasteiger partial charge in [0, 0.05) is 26.1 Å². The van der Waals surface area contributed by atoms with Gasteiger partial charge in [0.15, 0.2) is 5.82 Å². The van der Waals surface area contributed by atoms with Crippen molar-refractivity contribution in [3.63, 3.8) is 0 Å². The normalized spacial score (nSPS) is 14.1. The lowest BCUT2D eigenvalue weighted by Crippen LogP contribution is -2.35. The van der Waals surface area contributed by atoms with Crippen molar-refractivity contribution in [3.05, 3.63) is 69.0 Å². The summed E-state index contributed by atoms with van der Waals surface area (Å²) in [6.45, 7) is 5.20. The molecule has 140 valence electrons. The molecular weight excluding hydrogens is 358 g/mol. The molecule has 0 saturated carbocycles. The van der Waals surface area contributed by atoms with Crippen molar-refractivity contribution in [1.82, 2.24) is 14.9 Å². The van der Waals surface area contributed by atoms with Crippen LogP contribution < -0.4 is 10.3 Å². The molecule has 0 amide bonds. The molecule has 1 aromatic carbocycles. The van der Waals surface area contributed by atoms with Gasteiger partial charge in [-0.15, -0.1) is 11.3 Å². The first-order valence-corrected chi connectivity index (χ1v) is 10.2. The summed E-state index contributed by atoms with van der Waals surface area (Å²) in [5.74, 6) is 1.59. The molecule has 2 aromatic heterocycles. The minimum atomic E-state index is -0.0172. The van der Waals surface area contributed by atoms with Gasteiger partial charge in [-0.05, 0) is 35.6 Å². The smallest absolute Gasteiger partial charge is 0.255 e. The standard InChI is InChI=1S/C21H23N3O2S/c1-2-11-26-16-7-5-15(6-8-16)13-24-10-9-18-17(14-24)21(25)23-20(22-18)19-4-3-12-27-19/h3-8,12H,2,9-11,13-14H2,1H3,(H,22,23,25). The molecule has 0 fully saturated rings. The lowest BCUT2D eigenvalue weighted by Gasteiger charge is -2.27. The van der Waals surface area contributed by atoms with Crippen LogP contribution in [0.5, 0.6) is 5.75 Å². The number of rotatable bonds is 6. The van der Waals surface area contributed by atoms with Gasteiger partial charge in [-0.1, -0.05) is 25.1 Å². The third-order valence-corrected chi connectivity index (χ3v) is 5.58. The predicted molar refractivity (Wildman–Crippen MR) is 108 cm³/mol. The highest BCUT2D eigenvalue weighted by atomic mass is 32.1. The molecule has 0 spiro atoms. The Kier molecular flexibility index (Phi) is 5.36. The highest BCUT2D eigenvalue weighted by Gasteiger charge is 2.21. The van der Waals surface area contributed by atoms with Crippen molar-refractivity contribution in [2.45, 2.75) is 32.9 Å². The maximum Gasteiger partial charge on any atom is 0.255 e. The number of hydrogen-bond acceptors (Lipinski definition) is 5. The van der Waals surface area contributed by atoms with Crippen LogP contribution in [0.3, 0.4) is 0 Å². The second-order valence-electron chi connectivity index (χ2n) is 6.77. The number of ether oxygens (including phenoxy) is 1. The van der Waals surface area contributed by atoms with Gasteiger partial charge in [0.25, 0.3) is 5.56 Å². The molecule has 3 heterocycles. The average Bonchev–Trinajstić information content (AvgIpc) is 3.23. The first-order valence-electron chi connectivity index (χ1n) is 9.33. The van der Waals surface area contributed by atoms with E-state index in [4.69, 9.17) is 9.72 Å². The first-order chi connectivity index (χ1) is 13.2. The second-order valence-corrected chi connectivity index (χ2v) is 7.72. The largest absolute Gasteiger partial charge is 0.494 e. The van der Waals surface area contributed by atoms with Crippen molar-refractivity contribution >= 4 is 11.3 Å². The monoisotopic (exact) mass is 381 g/mol. The Morgan fingerprint density at radius 1 is 1.26 bits per heavy atom. The van der Waals surface area contributed by atoms with Crippen LogP contribution in [-0.4, -0.2) is 28.0 Å². The van der Waals surface area contributed by atoms with E-state index in [0.29, 0.717) is 12.4 Å². The number of H-pyrrole nitrogens is 1. The number of aromatic amines is 1. The highest BCUT2D eigenvalue weighted by molar-refractivity contribution is 7.13. The molecule has 1 N–H and O–H groups in total. The van der Waals surface area contributed by atoms with Crippen LogP contribution in [0.25, 0.3) is 10.7 Å². The van der Waals surface area contributed by atoms with Crippen LogP contribution in [0.2, 0.25) is 0 Å². The third kappa shape index (κ3) is 4.12. The van der Waals surface area contributed by atoms with E-state index in [1.807, 2.05) is 29.6 Å². The van der Waals surface area contributed by atoms with Gasteiger partial charge in [-0.25, -0.2) is 4.98 Å². The lowest BCUT2D eigenvalue weighted by atomic mass is 10.1. The molecule has 0 aliphatic carbocycles. The van der Waals surface area contributed by atoms with Gasteiger partial charge in [0.2, 0.25) is 0 Å². The van der Waals surface area contributed by atoms with Crippen molar-refractivity contribution in [3.8, 4) is 16.5 Å². The Balaban J connectivity index is 1.46. The molecule has 1 aliphatic heterocycles. The van der Waals surface area contributed by atoms with Gasteiger partial charge < -0.3 is 9.72 Å². The van der Waals surface area contributed by atoms with Crippen molar-refractivity contribution < 1.29 is 4.74 Å². The number of aromatic nitrogens is 2. The van der Waals surface area contributed by atoms with E-state index >= 15 is 0 Å². The number of thiophene rings is 1. The van der Waals surface area contributed by atoms with E-state index in [0.717, 1.165) is 54.4 Å². The summed E-state index contributed by atoms with van der Waals surface area (Å²) < 4.78 is 5.64. The maximum atomic E-state index is 12.6. The fourth-order valence-corrected chi connectivity index (χ4v) is 3.98. The summed E-state index contributed by atoms with van der Waals surface area (Å²) in [5, 5.41) is 2.00. The Labute approximate surface area is 162 Å². The minimum absolute atomic E-state index is 0.0172. The quantitative estimate of drug-likeness (QED) is 0.705. The lowest BCUT2D eigenvalue weighted by molar-refractivity contribution is 0.241. The summed E-state index contributed by atoms with van der Waals surface area (Å²) >= 11 is 1.59. The number of nitrogens with one attached hydrogen (secondary N) is 1. The Morgan fingerprint density at radius 3 is 2.85 bits per heavy atom. The molecule has 6 heteroatoms. The van der Waals surface area contributed by atoms with Crippen LogP contribution in [0.4, 0.5) is 0 Å². The molecule has 5 nitrogen and oxygen atoms in total. The minimum Gasteiger partial charge on any atom is -0.494 e. The zero-order valence-corrected chi connectivity index (χ0v) is 16.2. The van der Waals surface area contributed by atoms with Crippen molar-refractivity contribution in [1.29, 1.82) is 0 Å². The topological polar surface area (TPSA) is 58.2 Å². The molecule has 4 rings (SSSR count). The van der Waals surface area contributed by atoms with Crippen LogP contribution in [0.15, 0.2) is 46.6 Å². The van der Waals surface area contributed by atoms with Crippen molar-refractivity contribution in [2.24, 2.45) is 0 Å². The number of fused-ring (bicyclic) bond motifs is 1. The first kappa shape index (κ1) is 17.9. The van der Waals surface area contributed by atoms with E-state index in [-0.39, 0.29) is 5.56 Å². The van der Waals surface area contributed by atoms with E-state index < -0.39 is 0 Å². The molecule has 0 atom stereocenters. The fraction of sp³-hybridized carbons (Fsp3) is 0.333. The highest BCUT2D eigenvalue weighted by Crippen LogP contribution is 2.23. The van der Waals surface area contributed by atoms with Crippen LogP contribution in [0.1, 0.15) is 30.2 Å². The van der Waals surface area contributed by atoms with E-state index in [1.54, 1.807) is 11.3 Å². The van der Waals surface area contributed by atoms with Gasteiger partial charge >= 0.3 is 0 Å². The zero-order valence-electron chi connectivity index (χ0n) is 15.4. The zero-order chi connectivity index (χ0) is 18.6. The molecule has 0 unspecified atom stereocenters. The summed E-state index contributed by atoms with van der Waals surface area (Å²) in [7, 11) is 0. The van der Waals surface area contributed by atoms with Crippen LogP contribution in [-0.2, 0) is 19.5 Å². The molecule has 27 heavy (non-hydrogen) atoms. The fourth-order valence-electron chi connectivity index (χ4n) is 3.32. The molecule has 1 aliphatic rings. The second kappa shape index (κ2) is 8.06. The van der Waals surface area contributed by atoms with Gasteiger partial charge in [-0.3, -0.25) is 9.69 Å². The number of hydrogen-bond donors (Lipinski definition) is 1. The molecule has 0 radical (unpaired) electrons. The third-order valence-electron chi connectivity index (χ3n) is 4.70. The van der Waals surface area contributed by atoms with E-state index in [2.05, 4.69) is 28.9 Å². The summed E-state index contributed by atoms with van der Waals surface area (Å²) in [6.07, 6.45) is 1.81. The maximum absolute atomic E-state index is 12.6. The summed E-state index contributed by atoms with van der Waals surface area (Å²) in [6, 6.07) is 12.2. The van der Waals surface area contributed by atoms with Gasteiger partial charge in [0.05, 0.1) is 22.7 Å². The average molecular weight is 382 g/mol. The van der Waals surface area contributed by atoms with Crippen LogP contribution >= 0.6 is 11.3 Å². The molecule has 0 saturated heterocycles. The Bertz CT molecular complexity index is 949. The predicted octanol–water partition coefficient (Wildman–Crippen LogP) is 3.85. The Hall–Kier alpha value is -2.44. The molecule has 3 aromatic rings.